The van der Waals surface area contributed by atoms with Crippen LogP contribution >= 0.6 is 7.82 Å². The molecule has 12 heteroatoms. The van der Waals surface area contributed by atoms with Crippen molar-refractivity contribution in [1.82, 2.24) is 19.5 Å². The van der Waals surface area contributed by atoms with Crippen LogP contribution in [0, 0.1) is 5.92 Å². The third-order valence-electron chi connectivity index (χ3n) is 4.10. The van der Waals surface area contributed by atoms with Crippen molar-refractivity contribution in [3.63, 3.8) is 0 Å². The van der Waals surface area contributed by atoms with Crippen molar-refractivity contribution in [3.05, 3.63) is 18.5 Å². The highest BCUT2D eigenvalue weighted by molar-refractivity contribution is 7.45. The molecule has 2 aromatic heterocycles. The molecule has 0 aliphatic heterocycles. The van der Waals surface area contributed by atoms with E-state index in [-0.39, 0.29) is 24.5 Å². The maximum Gasteiger partial charge on any atom is 0.466 e. The summed E-state index contributed by atoms with van der Waals surface area (Å²) >= 11 is 0. The normalized spacial score (nSPS) is 22.3. The van der Waals surface area contributed by atoms with Crippen LogP contribution in [0.1, 0.15) is 25.3 Å². The van der Waals surface area contributed by atoms with Crippen LogP contribution in [0.5, 0.6) is 0 Å². The van der Waals surface area contributed by atoms with Crippen LogP contribution in [0.25, 0.3) is 11.2 Å². The third kappa shape index (κ3) is 4.77. The Morgan fingerprint density at radius 3 is 2.54 bits per heavy atom. The largest absolute Gasteiger partial charge is 0.466 e. The van der Waals surface area contributed by atoms with Crippen LogP contribution in [0.3, 0.4) is 0 Å². The number of rotatable bonds is 4. The van der Waals surface area contributed by atoms with Crippen molar-refractivity contribution < 1.29 is 24.4 Å². The molecule has 2 heterocycles. The van der Waals surface area contributed by atoms with E-state index in [1.165, 1.54) is 0 Å². The van der Waals surface area contributed by atoms with E-state index < -0.39 is 7.82 Å². The van der Waals surface area contributed by atoms with Crippen molar-refractivity contribution in [1.29, 1.82) is 0 Å². The van der Waals surface area contributed by atoms with E-state index in [1.54, 1.807) is 6.33 Å². The number of fused-ring (bicyclic) bond motifs is 1. The molecule has 2 aliphatic rings. The second-order valence-corrected chi connectivity index (χ2v) is 7.34. The first-order valence-corrected chi connectivity index (χ1v) is 9.65. The number of phosphoric acid groups is 1. The summed E-state index contributed by atoms with van der Waals surface area (Å²) in [5.74, 6) is 1.18. The number of nitrogens with one attached hydrogen (secondary N) is 1. The van der Waals surface area contributed by atoms with Gasteiger partial charge < -0.3 is 35.4 Å². The first-order chi connectivity index (χ1) is 12.2. The molecule has 1 saturated carbocycles. The average molecular weight is 384 g/mol. The Hall–Kier alpha value is -2.04. The molecule has 26 heavy (non-hydrogen) atoms. The van der Waals surface area contributed by atoms with Crippen molar-refractivity contribution >= 4 is 30.8 Å². The van der Waals surface area contributed by atoms with Crippen LogP contribution in [0.15, 0.2) is 18.5 Å². The molecule has 2 aliphatic carbocycles. The summed E-state index contributed by atoms with van der Waals surface area (Å²) in [6.45, 7) is 0.172. The fourth-order valence-corrected chi connectivity index (χ4v) is 2.79. The summed E-state index contributed by atoms with van der Waals surface area (Å²) in [6.07, 6.45) is 9.10. The SMILES string of the molecule is Nc1nc(NC2CC2)c2ncn([C@H]3C=C[C@@H](CO)C3)c2n1.O=P(O)(O)O. The topological polar surface area (TPSA) is 180 Å². The van der Waals surface area contributed by atoms with E-state index in [1.807, 2.05) is 10.6 Å². The van der Waals surface area contributed by atoms with Gasteiger partial charge in [-0.1, -0.05) is 12.2 Å². The Kier molecular flexibility index (Phi) is 5.26. The van der Waals surface area contributed by atoms with Crippen LogP contribution in [-0.4, -0.2) is 52.0 Å². The highest BCUT2D eigenvalue weighted by Gasteiger charge is 2.26. The minimum absolute atomic E-state index is 0.162. The number of aliphatic hydroxyl groups is 1. The van der Waals surface area contributed by atoms with Gasteiger partial charge in [-0.2, -0.15) is 9.97 Å². The van der Waals surface area contributed by atoms with E-state index in [0.29, 0.717) is 6.04 Å². The van der Waals surface area contributed by atoms with Crippen molar-refractivity contribution in [2.45, 2.75) is 31.3 Å². The smallest absolute Gasteiger partial charge is 0.396 e. The molecule has 0 saturated heterocycles. The summed E-state index contributed by atoms with van der Waals surface area (Å²) < 4.78 is 10.9. The molecular formula is C14H21N6O5P. The molecule has 11 nitrogen and oxygen atoms in total. The van der Waals surface area contributed by atoms with Crippen LogP contribution < -0.4 is 11.1 Å². The average Bonchev–Trinajstić information content (AvgIpc) is 3.07. The second kappa shape index (κ2) is 7.29. The maximum absolute atomic E-state index is 9.26. The van der Waals surface area contributed by atoms with Gasteiger partial charge in [0.15, 0.2) is 17.0 Å². The van der Waals surface area contributed by atoms with Gasteiger partial charge in [0, 0.05) is 18.6 Å². The van der Waals surface area contributed by atoms with E-state index in [0.717, 1.165) is 36.2 Å². The predicted octanol–water partition coefficient (Wildman–Crippen LogP) is 0.164. The quantitative estimate of drug-likeness (QED) is 0.314. The number of nitrogen functional groups attached to an aromatic ring is 1. The van der Waals surface area contributed by atoms with Gasteiger partial charge in [-0.3, -0.25) is 0 Å². The lowest BCUT2D eigenvalue weighted by atomic mass is 10.1. The maximum atomic E-state index is 9.26. The molecule has 2 atom stereocenters. The zero-order chi connectivity index (χ0) is 18.9. The highest BCUT2D eigenvalue weighted by atomic mass is 31.2. The van der Waals surface area contributed by atoms with Gasteiger partial charge in [-0.15, -0.1) is 0 Å². The monoisotopic (exact) mass is 384 g/mol. The summed E-state index contributed by atoms with van der Waals surface area (Å²) in [4.78, 5) is 34.6. The van der Waals surface area contributed by atoms with Gasteiger partial charge in [0.2, 0.25) is 5.95 Å². The van der Waals surface area contributed by atoms with Gasteiger partial charge in [0.05, 0.1) is 12.4 Å². The van der Waals surface area contributed by atoms with Gasteiger partial charge in [-0.05, 0) is 19.3 Å². The van der Waals surface area contributed by atoms with E-state index in [9.17, 15) is 5.11 Å². The Bertz CT molecular complexity index is 853. The number of anilines is 2. The molecule has 0 unspecified atom stereocenters. The first-order valence-electron chi connectivity index (χ1n) is 8.08. The zero-order valence-electron chi connectivity index (χ0n) is 13.8. The number of aliphatic hydroxyl groups excluding tert-OH is 1. The Balaban J connectivity index is 0.000000349. The Morgan fingerprint density at radius 2 is 1.96 bits per heavy atom. The molecule has 0 bridgehead atoms. The molecule has 4 rings (SSSR count). The Labute approximate surface area is 148 Å². The lowest BCUT2D eigenvalue weighted by Gasteiger charge is -2.13. The molecular weight excluding hydrogens is 363 g/mol. The van der Waals surface area contributed by atoms with E-state index in [2.05, 4.69) is 26.3 Å². The summed E-state index contributed by atoms with van der Waals surface area (Å²) in [5.41, 5.74) is 7.35. The molecule has 1 fully saturated rings. The number of hydrogen-bond donors (Lipinski definition) is 6. The minimum atomic E-state index is -4.64. The molecule has 0 spiro atoms. The van der Waals surface area contributed by atoms with E-state index >= 15 is 0 Å². The van der Waals surface area contributed by atoms with Gasteiger partial charge in [-0.25, -0.2) is 9.55 Å². The van der Waals surface area contributed by atoms with Gasteiger partial charge in [0.25, 0.3) is 0 Å². The first kappa shape index (κ1) is 18.7. The van der Waals surface area contributed by atoms with Crippen LogP contribution in [-0.2, 0) is 4.57 Å². The summed E-state index contributed by atoms with van der Waals surface area (Å²) in [7, 11) is -4.64. The lowest BCUT2D eigenvalue weighted by molar-refractivity contribution is 0.244. The van der Waals surface area contributed by atoms with Gasteiger partial charge in [0.1, 0.15) is 0 Å². The highest BCUT2D eigenvalue weighted by Crippen LogP contribution is 2.32. The van der Waals surface area contributed by atoms with Crippen molar-refractivity contribution in [2.24, 2.45) is 5.92 Å². The molecule has 0 radical (unpaired) electrons. The van der Waals surface area contributed by atoms with Crippen LogP contribution in [0.4, 0.5) is 11.8 Å². The number of aromatic nitrogens is 4. The standard InChI is InChI=1S/C14H18N6O.H3O4P/c15-14-18-12(17-9-2-3-9)11-13(19-14)20(7-16-11)10-4-1-8(5-10)6-21;1-5(2,3)4/h1,4,7-10,21H,2-3,5-6H2,(H3,15,17,18,19);(H3,1,2,3,4)/t8-,10+;/m1./s1. The second-order valence-electron chi connectivity index (χ2n) is 6.32. The predicted molar refractivity (Wildman–Crippen MR) is 94.0 cm³/mol. The summed E-state index contributed by atoms with van der Waals surface area (Å²) in [5, 5.41) is 12.6. The summed E-state index contributed by atoms with van der Waals surface area (Å²) in [6, 6.07) is 0.646. The number of hydrogen-bond acceptors (Lipinski definition) is 7. The van der Waals surface area contributed by atoms with Crippen molar-refractivity contribution in [3.8, 4) is 0 Å². The third-order valence-corrected chi connectivity index (χ3v) is 4.10. The lowest BCUT2D eigenvalue weighted by Crippen LogP contribution is -2.10. The fourth-order valence-electron chi connectivity index (χ4n) is 2.79. The number of allylic oxidation sites excluding steroid dienone is 1. The number of nitrogens with zero attached hydrogens (tertiary/aromatic N) is 4. The molecule has 142 valence electrons. The van der Waals surface area contributed by atoms with Gasteiger partial charge >= 0.3 is 7.82 Å². The van der Waals surface area contributed by atoms with Crippen molar-refractivity contribution in [2.75, 3.05) is 17.7 Å². The Morgan fingerprint density at radius 1 is 1.27 bits per heavy atom. The fraction of sp³-hybridized carbons (Fsp3) is 0.500. The molecule has 0 aromatic carbocycles. The molecule has 0 amide bonds. The van der Waals surface area contributed by atoms with E-state index in [4.69, 9.17) is 25.0 Å². The minimum Gasteiger partial charge on any atom is -0.396 e. The molecule has 2 aromatic rings. The zero-order valence-corrected chi connectivity index (χ0v) is 14.7. The van der Waals surface area contributed by atoms with Crippen LogP contribution in [0.2, 0.25) is 0 Å². The number of imidazole rings is 1. The number of nitrogens with two attached hydrogens (primary N) is 1. The molecule has 7 N–H and O–H groups in total.